The van der Waals surface area contributed by atoms with Gasteiger partial charge >= 0.3 is 0 Å². The van der Waals surface area contributed by atoms with Crippen LogP contribution < -0.4 is 5.32 Å². The Morgan fingerprint density at radius 1 is 1.40 bits per heavy atom. The molecule has 2 rings (SSSR count). The fraction of sp³-hybridized carbons (Fsp3) is 0.533. The van der Waals surface area contributed by atoms with Crippen molar-refractivity contribution in [3.05, 3.63) is 30.1 Å². The zero-order chi connectivity index (χ0) is 14.9. The number of nitrogens with one attached hydrogen (secondary N) is 1. The number of aromatic nitrogens is 1. The van der Waals surface area contributed by atoms with Gasteiger partial charge in [-0.2, -0.15) is 0 Å². The van der Waals surface area contributed by atoms with Gasteiger partial charge in [0.1, 0.15) is 11.6 Å². The van der Waals surface area contributed by atoms with Crippen LogP contribution in [0.4, 0.5) is 0 Å². The highest BCUT2D eigenvalue weighted by atomic mass is 16.2. The molecule has 1 aromatic heterocycles. The van der Waals surface area contributed by atoms with E-state index in [-0.39, 0.29) is 17.7 Å². The molecule has 1 N–H and O–H groups in total. The fourth-order valence-electron chi connectivity index (χ4n) is 2.35. The highest BCUT2D eigenvalue weighted by molar-refractivity contribution is 5.99. The van der Waals surface area contributed by atoms with Gasteiger partial charge in [0.2, 0.25) is 11.8 Å². The van der Waals surface area contributed by atoms with Gasteiger partial charge in [0.25, 0.3) is 0 Å². The highest BCUT2D eigenvalue weighted by Crippen LogP contribution is 2.25. The minimum Gasteiger partial charge on any atom is -0.342 e. The lowest BCUT2D eigenvalue weighted by Gasteiger charge is -2.45. The molecule has 0 saturated carbocycles. The topological polar surface area (TPSA) is 62.3 Å². The van der Waals surface area contributed by atoms with Crippen LogP contribution in [0.5, 0.6) is 0 Å². The Morgan fingerprint density at radius 3 is 2.65 bits per heavy atom. The second-order valence-electron chi connectivity index (χ2n) is 6.04. The number of carbonyl (C=O) groups is 2. The summed E-state index contributed by atoms with van der Waals surface area (Å²) in [6.45, 7) is 7.81. The van der Waals surface area contributed by atoms with Crippen molar-refractivity contribution in [1.29, 1.82) is 0 Å². The van der Waals surface area contributed by atoms with Crippen molar-refractivity contribution >= 4 is 11.8 Å². The van der Waals surface area contributed by atoms with Crippen molar-refractivity contribution < 1.29 is 9.59 Å². The van der Waals surface area contributed by atoms with Gasteiger partial charge in [-0.15, -0.1) is 0 Å². The predicted octanol–water partition coefficient (Wildman–Crippen LogP) is 1.34. The van der Waals surface area contributed by atoms with Gasteiger partial charge in [-0.1, -0.05) is 19.9 Å². The molecular formula is C15H21N3O2. The zero-order valence-electron chi connectivity index (χ0n) is 12.4. The van der Waals surface area contributed by atoms with Crippen molar-refractivity contribution in [2.45, 2.75) is 45.8 Å². The molecule has 0 radical (unpaired) electrons. The van der Waals surface area contributed by atoms with E-state index in [9.17, 15) is 9.59 Å². The summed E-state index contributed by atoms with van der Waals surface area (Å²) in [5.74, 6) is -0.0768. The number of amides is 2. The monoisotopic (exact) mass is 275 g/mol. The molecule has 1 fully saturated rings. The van der Waals surface area contributed by atoms with Crippen molar-refractivity contribution in [3.63, 3.8) is 0 Å². The summed E-state index contributed by atoms with van der Waals surface area (Å²) in [5, 5.41) is 2.83. The van der Waals surface area contributed by atoms with Gasteiger partial charge < -0.3 is 10.2 Å². The summed E-state index contributed by atoms with van der Waals surface area (Å²) in [7, 11) is 0. The molecule has 1 saturated heterocycles. The van der Waals surface area contributed by atoms with E-state index in [4.69, 9.17) is 0 Å². The Kier molecular flexibility index (Phi) is 3.79. The van der Waals surface area contributed by atoms with Crippen LogP contribution in [0, 0.1) is 5.92 Å². The minimum atomic E-state index is -0.849. The number of rotatable bonds is 3. The molecule has 20 heavy (non-hydrogen) atoms. The van der Waals surface area contributed by atoms with E-state index in [0.29, 0.717) is 6.54 Å². The molecule has 1 aliphatic rings. The van der Waals surface area contributed by atoms with E-state index >= 15 is 0 Å². The molecule has 1 aliphatic heterocycles. The zero-order valence-corrected chi connectivity index (χ0v) is 12.4. The maximum absolute atomic E-state index is 12.6. The number of piperazine rings is 1. The Morgan fingerprint density at radius 2 is 2.10 bits per heavy atom. The first-order chi connectivity index (χ1) is 9.34. The van der Waals surface area contributed by atoms with Crippen molar-refractivity contribution in [2.75, 3.05) is 0 Å². The molecule has 0 spiro atoms. The van der Waals surface area contributed by atoms with Gasteiger partial charge in [0.05, 0.1) is 0 Å². The van der Waals surface area contributed by atoms with Crippen LogP contribution in [-0.4, -0.2) is 33.3 Å². The summed E-state index contributed by atoms with van der Waals surface area (Å²) in [5.41, 5.74) is 0.0734. The maximum atomic E-state index is 12.6. The summed E-state index contributed by atoms with van der Waals surface area (Å²) >= 11 is 0. The Bertz CT molecular complexity index is 511. The predicted molar refractivity (Wildman–Crippen MR) is 75.6 cm³/mol. The van der Waals surface area contributed by atoms with Crippen molar-refractivity contribution in [1.82, 2.24) is 15.2 Å². The fourth-order valence-corrected chi connectivity index (χ4v) is 2.35. The molecule has 0 bridgehead atoms. The molecule has 1 aromatic rings. The minimum absolute atomic E-state index is 0.0338. The van der Waals surface area contributed by atoms with E-state index in [1.54, 1.807) is 31.1 Å². The average Bonchev–Trinajstić information content (AvgIpc) is 2.40. The van der Waals surface area contributed by atoms with Crippen LogP contribution in [0.3, 0.4) is 0 Å². The van der Waals surface area contributed by atoms with Gasteiger partial charge in [-0.05, 0) is 31.4 Å². The highest BCUT2D eigenvalue weighted by Gasteiger charge is 2.46. The largest absolute Gasteiger partial charge is 0.342 e. The normalized spacial score (nSPS) is 22.1. The summed E-state index contributed by atoms with van der Waals surface area (Å²) in [6.07, 6.45) is 3.41. The van der Waals surface area contributed by atoms with E-state index in [0.717, 1.165) is 5.56 Å². The van der Waals surface area contributed by atoms with Crippen LogP contribution >= 0.6 is 0 Å². The number of nitrogens with zero attached hydrogens (tertiary/aromatic N) is 2. The maximum Gasteiger partial charge on any atom is 0.246 e. The average molecular weight is 275 g/mol. The number of pyridine rings is 1. The molecule has 1 unspecified atom stereocenters. The van der Waals surface area contributed by atoms with E-state index in [1.165, 1.54) is 0 Å². The number of carbonyl (C=O) groups excluding carboxylic acids is 2. The van der Waals surface area contributed by atoms with Crippen molar-refractivity contribution in [2.24, 2.45) is 5.92 Å². The molecule has 5 nitrogen and oxygen atoms in total. The third kappa shape index (κ3) is 2.53. The number of hydrogen-bond acceptors (Lipinski definition) is 3. The Hall–Kier alpha value is -1.91. The van der Waals surface area contributed by atoms with Crippen LogP contribution in [0.2, 0.25) is 0 Å². The van der Waals surface area contributed by atoms with E-state index in [2.05, 4.69) is 10.3 Å². The first-order valence-corrected chi connectivity index (χ1v) is 6.85. The lowest BCUT2D eigenvalue weighted by molar-refractivity contribution is -0.157. The first-order valence-electron chi connectivity index (χ1n) is 6.85. The van der Waals surface area contributed by atoms with Crippen molar-refractivity contribution in [3.8, 4) is 0 Å². The molecule has 0 aromatic carbocycles. The third-order valence-electron chi connectivity index (χ3n) is 3.78. The molecule has 2 amide bonds. The summed E-state index contributed by atoms with van der Waals surface area (Å²) in [4.78, 5) is 30.6. The lowest BCUT2D eigenvalue weighted by Crippen LogP contribution is -2.69. The standard InChI is InChI=1S/C15H21N3O2/c1-10(2)12-13(19)18(15(3,4)14(20)17-12)9-11-6-5-7-16-8-11/h5-8,10,12H,9H2,1-4H3,(H,17,20). The second-order valence-corrected chi connectivity index (χ2v) is 6.04. The Labute approximate surface area is 119 Å². The lowest BCUT2D eigenvalue weighted by atomic mass is 9.91. The molecule has 0 aliphatic carbocycles. The van der Waals surface area contributed by atoms with Crippen LogP contribution in [0.1, 0.15) is 33.3 Å². The molecule has 108 valence electrons. The van der Waals surface area contributed by atoms with Crippen LogP contribution in [0.25, 0.3) is 0 Å². The molecule has 5 heteroatoms. The SMILES string of the molecule is CC(C)C1NC(=O)C(C)(C)N(Cc2cccnc2)C1=O. The summed E-state index contributed by atoms with van der Waals surface area (Å²) in [6, 6.07) is 3.29. The second kappa shape index (κ2) is 5.23. The van der Waals surface area contributed by atoms with E-state index in [1.807, 2.05) is 26.0 Å². The Balaban J connectivity index is 2.30. The van der Waals surface area contributed by atoms with Gasteiger partial charge in [0, 0.05) is 18.9 Å². The van der Waals surface area contributed by atoms with E-state index < -0.39 is 11.6 Å². The molecule has 1 atom stereocenters. The summed E-state index contributed by atoms with van der Waals surface area (Å²) < 4.78 is 0. The first kappa shape index (κ1) is 14.5. The quantitative estimate of drug-likeness (QED) is 0.905. The van der Waals surface area contributed by atoms with Crippen LogP contribution in [-0.2, 0) is 16.1 Å². The van der Waals surface area contributed by atoms with Gasteiger partial charge in [0.15, 0.2) is 0 Å². The molecule has 2 heterocycles. The third-order valence-corrected chi connectivity index (χ3v) is 3.78. The van der Waals surface area contributed by atoms with Crippen LogP contribution in [0.15, 0.2) is 24.5 Å². The smallest absolute Gasteiger partial charge is 0.246 e. The number of hydrogen-bond donors (Lipinski definition) is 1. The van der Waals surface area contributed by atoms with Gasteiger partial charge in [-0.3, -0.25) is 14.6 Å². The molecular weight excluding hydrogens is 254 g/mol. The van der Waals surface area contributed by atoms with Gasteiger partial charge in [-0.25, -0.2) is 0 Å².